The van der Waals surface area contributed by atoms with Crippen molar-refractivity contribution in [3.8, 4) is 0 Å². The number of nitrogens with zero attached hydrogens (tertiary/aromatic N) is 5. The fraction of sp³-hybridized carbons (Fsp3) is 0.643. The van der Waals surface area contributed by atoms with Gasteiger partial charge >= 0.3 is 0 Å². The van der Waals surface area contributed by atoms with Gasteiger partial charge in [-0.05, 0) is 31.8 Å². The van der Waals surface area contributed by atoms with Crippen LogP contribution in [0.1, 0.15) is 26.2 Å². The summed E-state index contributed by atoms with van der Waals surface area (Å²) in [5, 5.41) is 11.2. The van der Waals surface area contributed by atoms with Crippen LogP contribution in [0, 0.1) is 5.92 Å². The molecule has 3 rings (SSSR count). The van der Waals surface area contributed by atoms with E-state index in [1.165, 1.54) is 32.4 Å². The van der Waals surface area contributed by atoms with Gasteiger partial charge in [-0.1, -0.05) is 13.3 Å². The number of piperidine rings is 1. The second-order valence-electron chi connectivity index (χ2n) is 5.68. The summed E-state index contributed by atoms with van der Waals surface area (Å²) in [5.74, 6) is 2.09. The molecule has 3 N–H and O–H groups in total. The van der Waals surface area contributed by atoms with Gasteiger partial charge in [-0.25, -0.2) is 0 Å². The molecule has 2 aromatic heterocycles. The van der Waals surface area contributed by atoms with Crippen LogP contribution in [0.2, 0.25) is 0 Å². The standard InChI is InChI=1S/C14H23N7/c1-2-11-3-6-20(7-4-11)8-5-16-12-9-13-19-17-10-21(13)14(15)18-12/h9-11,16H,2-8H2,1H3,(H2,15,18). The Labute approximate surface area is 124 Å². The molecule has 21 heavy (non-hydrogen) atoms. The van der Waals surface area contributed by atoms with Crippen LogP contribution in [0.4, 0.5) is 11.8 Å². The van der Waals surface area contributed by atoms with Crippen molar-refractivity contribution in [2.24, 2.45) is 5.92 Å². The molecule has 0 unspecified atom stereocenters. The SMILES string of the molecule is CCC1CCN(CCNc2cc3nncn3c(N)n2)CC1. The molecule has 0 saturated carbocycles. The smallest absolute Gasteiger partial charge is 0.209 e. The highest BCUT2D eigenvalue weighted by Gasteiger charge is 2.17. The maximum Gasteiger partial charge on any atom is 0.209 e. The van der Waals surface area contributed by atoms with E-state index in [1.54, 1.807) is 10.7 Å². The minimum absolute atomic E-state index is 0.406. The van der Waals surface area contributed by atoms with Gasteiger partial charge < -0.3 is 16.0 Å². The van der Waals surface area contributed by atoms with Gasteiger partial charge in [-0.2, -0.15) is 4.98 Å². The Morgan fingerprint density at radius 2 is 2.19 bits per heavy atom. The van der Waals surface area contributed by atoms with Crippen molar-refractivity contribution in [2.45, 2.75) is 26.2 Å². The molecule has 3 heterocycles. The molecule has 1 aliphatic rings. The Bertz CT molecular complexity index is 586. The lowest BCUT2D eigenvalue weighted by Crippen LogP contribution is -2.36. The summed E-state index contributed by atoms with van der Waals surface area (Å²) in [6.45, 7) is 6.61. The lowest BCUT2D eigenvalue weighted by atomic mass is 9.94. The third kappa shape index (κ3) is 3.24. The van der Waals surface area contributed by atoms with Crippen LogP contribution in [0.15, 0.2) is 12.4 Å². The van der Waals surface area contributed by atoms with Crippen molar-refractivity contribution in [3.63, 3.8) is 0 Å². The van der Waals surface area contributed by atoms with Gasteiger partial charge in [0.05, 0.1) is 0 Å². The summed E-state index contributed by atoms with van der Waals surface area (Å²) < 4.78 is 1.67. The molecule has 1 fully saturated rings. The van der Waals surface area contributed by atoms with Gasteiger partial charge in [-0.3, -0.25) is 4.40 Å². The van der Waals surface area contributed by atoms with E-state index in [0.717, 1.165) is 24.8 Å². The topological polar surface area (TPSA) is 84.4 Å². The molecule has 7 heteroatoms. The fourth-order valence-electron chi connectivity index (χ4n) is 2.90. The predicted molar refractivity (Wildman–Crippen MR) is 83.1 cm³/mol. The van der Waals surface area contributed by atoms with Crippen LogP contribution in [0.25, 0.3) is 5.65 Å². The van der Waals surface area contributed by atoms with Gasteiger partial charge in [-0.15, -0.1) is 10.2 Å². The lowest BCUT2D eigenvalue weighted by Gasteiger charge is -2.31. The monoisotopic (exact) mass is 289 g/mol. The van der Waals surface area contributed by atoms with Crippen LogP contribution < -0.4 is 11.1 Å². The third-order valence-electron chi connectivity index (χ3n) is 4.34. The summed E-state index contributed by atoms with van der Waals surface area (Å²) in [6.07, 6.45) is 5.54. The highest BCUT2D eigenvalue weighted by molar-refractivity contribution is 5.53. The first kappa shape index (κ1) is 14.1. The number of rotatable bonds is 5. The number of hydrogen-bond donors (Lipinski definition) is 2. The number of anilines is 2. The summed E-state index contributed by atoms with van der Waals surface area (Å²) in [4.78, 5) is 6.82. The highest BCUT2D eigenvalue weighted by Crippen LogP contribution is 2.19. The number of fused-ring (bicyclic) bond motifs is 1. The zero-order valence-corrected chi connectivity index (χ0v) is 12.5. The fourth-order valence-corrected chi connectivity index (χ4v) is 2.90. The van der Waals surface area contributed by atoms with Gasteiger partial charge in [0.1, 0.15) is 12.1 Å². The van der Waals surface area contributed by atoms with Crippen LogP contribution in [0.3, 0.4) is 0 Å². The van der Waals surface area contributed by atoms with E-state index in [4.69, 9.17) is 5.73 Å². The Morgan fingerprint density at radius 1 is 1.38 bits per heavy atom. The molecule has 0 amide bonds. The van der Waals surface area contributed by atoms with E-state index >= 15 is 0 Å². The molecular weight excluding hydrogens is 266 g/mol. The first-order valence-electron chi connectivity index (χ1n) is 7.68. The Morgan fingerprint density at radius 3 is 2.95 bits per heavy atom. The molecule has 1 saturated heterocycles. The molecule has 0 bridgehead atoms. The number of nitrogens with two attached hydrogens (primary N) is 1. The second-order valence-corrected chi connectivity index (χ2v) is 5.68. The number of likely N-dealkylation sites (tertiary alicyclic amines) is 1. The minimum atomic E-state index is 0.406. The molecule has 7 nitrogen and oxygen atoms in total. The van der Waals surface area contributed by atoms with Crippen molar-refractivity contribution in [3.05, 3.63) is 12.4 Å². The van der Waals surface area contributed by atoms with E-state index in [1.807, 2.05) is 6.07 Å². The number of nitrogens with one attached hydrogen (secondary N) is 1. The average molecular weight is 289 g/mol. The van der Waals surface area contributed by atoms with Gasteiger partial charge in [0, 0.05) is 19.2 Å². The molecule has 0 aromatic carbocycles. The Hall–Kier alpha value is -1.89. The third-order valence-corrected chi connectivity index (χ3v) is 4.34. The van der Waals surface area contributed by atoms with Crippen molar-refractivity contribution in [1.29, 1.82) is 0 Å². The highest BCUT2D eigenvalue weighted by atomic mass is 15.3. The maximum atomic E-state index is 5.87. The van der Waals surface area contributed by atoms with Gasteiger partial charge in [0.15, 0.2) is 5.65 Å². The van der Waals surface area contributed by atoms with E-state index in [9.17, 15) is 0 Å². The van der Waals surface area contributed by atoms with Crippen LogP contribution in [-0.2, 0) is 0 Å². The quantitative estimate of drug-likeness (QED) is 0.861. The van der Waals surface area contributed by atoms with Crippen LogP contribution >= 0.6 is 0 Å². The number of hydrogen-bond acceptors (Lipinski definition) is 6. The van der Waals surface area contributed by atoms with Crippen molar-refractivity contribution in [1.82, 2.24) is 24.5 Å². The molecule has 0 radical (unpaired) electrons. The van der Waals surface area contributed by atoms with Crippen molar-refractivity contribution < 1.29 is 0 Å². The number of nitrogen functional groups attached to an aromatic ring is 1. The van der Waals surface area contributed by atoms with Crippen molar-refractivity contribution in [2.75, 3.05) is 37.2 Å². The molecule has 1 aliphatic heterocycles. The normalized spacial score (nSPS) is 17.4. The van der Waals surface area contributed by atoms with Crippen molar-refractivity contribution >= 4 is 17.4 Å². The maximum absolute atomic E-state index is 5.87. The van der Waals surface area contributed by atoms with E-state index in [0.29, 0.717) is 11.6 Å². The molecular formula is C14H23N7. The van der Waals surface area contributed by atoms with E-state index < -0.39 is 0 Å². The van der Waals surface area contributed by atoms with E-state index in [2.05, 4.69) is 32.3 Å². The van der Waals surface area contributed by atoms with Gasteiger partial charge in [0.2, 0.25) is 5.95 Å². The summed E-state index contributed by atoms with van der Waals surface area (Å²) in [5.41, 5.74) is 6.58. The zero-order valence-electron chi connectivity index (χ0n) is 12.5. The second kappa shape index (κ2) is 6.26. The van der Waals surface area contributed by atoms with Crippen LogP contribution in [0.5, 0.6) is 0 Å². The van der Waals surface area contributed by atoms with E-state index in [-0.39, 0.29) is 0 Å². The van der Waals surface area contributed by atoms with Crippen LogP contribution in [-0.4, -0.2) is 50.7 Å². The first-order valence-corrected chi connectivity index (χ1v) is 7.68. The largest absolute Gasteiger partial charge is 0.369 e. The Balaban J connectivity index is 1.50. The first-order chi connectivity index (χ1) is 10.3. The zero-order chi connectivity index (χ0) is 14.7. The van der Waals surface area contributed by atoms with Gasteiger partial charge in [0.25, 0.3) is 0 Å². The summed E-state index contributed by atoms with van der Waals surface area (Å²) in [7, 11) is 0. The molecule has 0 atom stereocenters. The average Bonchev–Trinajstić information content (AvgIpc) is 2.97. The number of aromatic nitrogens is 4. The minimum Gasteiger partial charge on any atom is -0.369 e. The molecule has 0 aliphatic carbocycles. The Kier molecular flexibility index (Phi) is 4.19. The predicted octanol–water partition coefficient (Wildman–Crippen LogP) is 1.24. The lowest BCUT2D eigenvalue weighted by molar-refractivity contribution is 0.187. The molecule has 2 aromatic rings. The summed E-state index contributed by atoms with van der Waals surface area (Å²) in [6, 6.07) is 1.87. The molecule has 0 spiro atoms. The summed E-state index contributed by atoms with van der Waals surface area (Å²) >= 11 is 0. The molecule has 114 valence electrons.